The molecule has 0 aromatic rings. The van der Waals surface area contributed by atoms with Gasteiger partial charge in [-0.1, -0.05) is 0 Å². The lowest BCUT2D eigenvalue weighted by molar-refractivity contribution is -0.675. The Morgan fingerprint density at radius 3 is 2.21 bits per heavy atom. The third-order valence-electron chi connectivity index (χ3n) is 5.82. The summed E-state index contributed by atoms with van der Waals surface area (Å²) in [7, 11) is 1.72. The van der Waals surface area contributed by atoms with Gasteiger partial charge >= 0.3 is 0 Å². The molecule has 4 bridgehead atoms. The smallest absolute Gasteiger partial charge is 0.195 e. The number of nitrogens with two attached hydrogens (primary N) is 1. The van der Waals surface area contributed by atoms with Gasteiger partial charge in [-0.2, -0.15) is 0 Å². The van der Waals surface area contributed by atoms with Crippen LogP contribution in [-0.4, -0.2) is 32.1 Å². The van der Waals surface area contributed by atoms with E-state index in [4.69, 9.17) is 4.74 Å². The zero-order valence-electron chi connectivity index (χ0n) is 12.4. The molecular formula is C16H28NO2+. The fourth-order valence-electron chi connectivity index (χ4n) is 5.44. The largest absolute Gasteiger partial charge is 0.379 e. The van der Waals surface area contributed by atoms with E-state index < -0.39 is 0 Å². The van der Waals surface area contributed by atoms with E-state index >= 15 is 0 Å². The SMILES string of the molecule is COCC[NH2+][C@@H](C)C(=O)C12CC3CC(CC(C3)C1)C2. The fourth-order valence-corrected chi connectivity index (χ4v) is 5.44. The Balaban J connectivity index is 1.65. The summed E-state index contributed by atoms with van der Waals surface area (Å²) in [6.45, 7) is 3.73. The van der Waals surface area contributed by atoms with Crippen LogP contribution in [0, 0.1) is 23.2 Å². The van der Waals surface area contributed by atoms with Crippen LogP contribution in [0.1, 0.15) is 45.4 Å². The Bertz CT molecular complexity index is 317. The lowest BCUT2D eigenvalue weighted by Gasteiger charge is -2.56. The van der Waals surface area contributed by atoms with Crippen molar-refractivity contribution in [1.82, 2.24) is 0 Å². The van der Waals surface area contributed by atoms with Crippen LogP contribution >= 0.6 is 0 Å². The Labute approximate surface area is 116 Å². The Morgan fingerprint density at radius 1 is 1.21 bits per heavy atom. The molecule has 0 unspecified atom stereocenters. The van der Waals surface area contributed by atoms with Gasteiger partial charge in [0.15, 0.2) is 5.78 Å². The summed E-state index contributed by atoms with van der Waals surface area (Å²) in [5.74, 6) is 3.13. The topological polar surface area (TPSA) is 42.9 Å². The third kappa shape index (κ3) is 2.47. The van der Waals surface area contributed by atoms with Gasteiger partial charge in [0, 0.05) is 12.5 Å². The highest BCUT2D eigenvalue weighted by Gasteiger charge is 2.55. The highest BCUT2D eigenvalue weighted by atomic mass is 16.5. The van der Waals surface area contributed by atoms with Crippen LogP contribution in [-0.2, 0) is 9.53 Å². The number of carbonyl (C=O) groups is 1. The summed E-state index contributed by atoms with van der Waals surface area (Å²) in [6, 6.07) is 0.117. The van der Waals surface area contributed by atoms with Gasteiger partial charge < -0.3 is 10.1 Å². The van der Waals surface area contributed by atoms with E-state index in [0.29, 0.717) is 5.78 Å². The number of hydrogen-bond donors (Lipinski definition) is 1. The average molecular weight is 266 g/mol. The first-order valence-corrected chi connectivity index (χ1v) is 7.99. The lowest BCUT2D eigenvalue weighted by Crippen LogP contribution is -2.92. The summed E-state index contributed by atoms with van der Waals surface area (Å²) < 4.78 is 5.08. The predicted octanol–water partition coefficient (Wildman–Crippen LogP) is 1.37. The normalized spacial score (nSPS) is 41.5. The van der Waals surface area contributed by atoms with Crippen molar-refractivity contribution in [1.29, 1.82) is 0 Å². The van der Waals surface area contributed by atoms with Gasteiger partial charge in [0.05, 0.1) is 13.2 Å². The first-order chi connectivity index (χ1) is 9.13. The second kappa shape index (κ2) is 5.17. The number of ether oxygens (including phenoxy) is 1. The predicted molar refractivity (Wildman–Crippen MR) is 73.7 cm³/mol. The molecule has 0 radical (unpaired) electrons. The first-order valence-electron chi connectivity index (χ1n) is 7.99. The molecule has 0 aromatic heterocycles. The molecule has 4 rings (SSSR count). The van der Waals surface area contributed by atoms with Gasteiger partial charge in [-0.05, 0) is 63.2 Å². The van der Waals surface area contributed by atoms with E-state index in [1.165, 1.54) is 38.5 Å². The van der Waals surface area contributed by atoms with Gasteiger partial charge in [0.2, 0.25) is 0 Å². The average Bonchev–Trinajstić information content (AvgIpc) is 2.36. The molecule has 0 amide bonds. The van der Waals surface area contributed by atoms with Gasteiger partial charge in [0.1, 0.15) is 6.04 Å². The summed E-state index contributed by atoms with van der Waals surface area (Å²) in [5, 5.41) is 2.17. The second-order valence-corrected chi connectivity index (χ2v) is 7.37. The highest BCUT2D eigenvalue weighted by Crippen LogP contribution is 2.60. The molecule has 0 aromatic carbocycles. The Morgan fingerprint density at radius 2 is 1.74 bits per heavy atom. The van der Waals surface area contributed by atoms with E-state index in [9.17, 15) is 4.79 Å². The maximum atomic E-state index is 12.9. The molecule has 3 heteroatoms. The molecule has 4 fully saturated rings. The van der Waals surface area contributed by atoms with Crippen molar-refractivity contribution >= 4 is 5.78 Å². The Hall–Kier alpha value is -0.410. The molecule has 2 N–H and O–H groups in total. The zero-order valence-corrected chi connectivity index (χ0v) is 12.4. The van der Waals surface area contributed by atoms with Crippen LogP contribution in [0.15, 0.2) is 0 Å². The van der Waals surface area contributed by atoms with Crippen LogP contribution in [0.2, 0.25) is 0 Å². The van der Waals surface area contributed by atoms with Crippen molar-refractivity contribution < 1.29 is 14.8 Å². The highest BCUT2D eigenvalue weighted by molar-refractivity contribution is 5.88. The lowest BCUT2D eigenvalue weighted by atomic mass is 9.48. The number of carbonyl (C=O) groups excluding carboxylic acids is 1. The molecule has 4 aliphatic rings. The number of methoxy groups -OCH3 is 1. The van der Waals surface area contributed by atoms with Gasteiger partial charge in [-0.3, -0.25) is 4.79 Å². The van der Waals surface area contributed by atoms with Gasteiger partial charge in [-0.15, -0.1) is 0 Å². The minimum Gasteiger partial charge on any atom is -0.379 e. The standard InChI is InChI=1S/C16H27NO2/c1-11(17-3-4-19-2)15(18)16-8-12-5-13(9-16)7-14(6-12)10-16/h11-14,17H,3-10H2,1-2H3/p+1/t11-,12?,13?,14?,16?/m0/s1. The van der Waals surface area contributed by atoms with Crippen molar-refractivity contribution in [3.05, 3.63) is 0 Å². The summed E-state index contributed by atoms with van der Waals surface area (Å²) in [5.41, 5.74) is 0.0672. The molecule has 0 heterocycles. The molecule has 0 aliphatic heterocycles. The number of rotatable bonds is 6. The summed E-state index contributed by atoms with van der Waals surface area (Å²) in [4.78, 5) is 12.9. The maximum absolute atomic E-state index is 12.9. The van der Waals surface area contributed by atoms with Crippen molar-refractivity contribution in [3.8, 4) is 0 Å². The van der Waals surface area contributed by atoms with E-state index in [-0.39, 0.29) is 11.5 Å². The molecule has 4 saturated carbocycles. The molecule has 1 atom stereocenters. The number of quaternary nitrogens is 1. The molecule has 0 spiro atoms. The first kappa shape index (κ1) is 13.6. The van der Waals surface area contributed by atoms with E-state index in [1.807, 2.05) is 0 Å². The number of ketones is 1. The maximum Gasteiger partial charge on any atom is 0.195 e. The monoisotopic (exact) mass is 266 g/mol. The van der Waals surface area contributed by atoms with Crippen LogP contribution < -0.4 is 5.32 Å². The molecule has 108 valence electrons. The van der Waals surface area contributed by atoms with Crippen molar-refractivity contribution in [3.63, 3.8) is 0 Å². The minimum absolute atomic E-state index is 0.0672. The zero-order chi connectivity index (χ0) is 13.5. The molecule has 3 nitrogen and oxygen atoms in total. The van der Waals surface area contributed by atoms with Crippen LogP contribution in [0.25, 0.3) is 0 Å². The van der Waals surface area contributed by atoms with Crippen LogP contribution in [0.4, 0.5) is 0 Å². The Kier molecular flexibility index (Phi) is 3.69. The molecule has 19 heavy (non-hydrogen) atoms. The van der Waals surface area contributed by atoms with E-state index in [1.54, 1.807) is 7.11 Å². The van der Waals surface area contributed by atoms with Crippen LogP contribution in [0.5, 0.6) is 0 Å². The van der Waals surface area contributed by atoms with Crippen molar-refractivity contribution in [2.45, 2.75) is 51.5 Å². The third-order valence-corrected chi connectivity index (χ3v) is 5.82. The summed E-state index contributed by atoms with van der Waals surface area (Å²) in [6.07, 6.45) is 7.82. The van der Waals surface area contributed by atoms with E-state index in [2.05, 4.69) is 12.2 Å². The number of hydrogen-bond acceptors (Lipinski definition) is 2. The van der Waals surface area contributed by atoms with Crippen molar-refractivity contribution in [2.75, 3.05) is 20.3 Å². The summed E-state index contributed by atoms with van der Waals surface area (Å²) >= 11 is 0. The number of Topliss-reactive ketones (excluding diaryl/α,β-unsaturated/α-hetero) is 1. The second-order valence-electron chi connectivity index (χ2n) is 7.37. The van der Waals surface area contributed by atoms with Crippen molar-refractivity contribution in [2.24, 2.45) is 23.2 Å². The molecule has 0 saturated heterocycles. The van der Waals surface area contributed by atoms with Gasteiger partial charge in [0.25, 0.3) is 0 Å². The fraction of sp³-hybridized carbons (Fsp3) is 0.938. The quantitative estimate of drug-likeness (QED) is 0.738. The minimum atomic E-state index is 0.0672. The van der Waals surface area contributed by atoms with Gasteiger partial charge in [-0.25, -0.2) is 0 Å². The molecule has 4 aliphatic carbocycles. The molecular weight excluding hydrogens is 238 g/mol. The van der Waals surface area contributed by atoms with Crippen LogP contribution in [0.3, 0.4) is 0 Å². The van der Waals surface area contributed by atoms with E-state index in [0.717, 1.165) is 30.9 Å².